The lowest BCUT2D eigenvalue weighted by Crippen LogP contribution is -2.48. The number of carbonyl (C=O) groups is 1. The van der Waals surface area contributed by atoms with Gasteiger partial charge in [-0.3, -0.25) is 9.78 Å². The van der Waals surface area contributed by atoms with E-state index in [1.165, 1.54) is 5.69 Å². The van der Waals surface area contributed by atoms with Crippen LogP contribution in [0.2, 0.25) is 0 Å². The molecule has 24 heavy (non-hydrogen) atoms. The van der Waals surface area contributed by atoms with Crippen molar-refractivity contribution in [3.63, 3.8) is 0 Å². The SMILES string of the molecule is O=C(c1cccc2ccccc12)N1CCN(c2ccncc2)CC1. The van der Waals surface area contributed by atoms with Crippen LogP contribution in [0.4, 0.5) is 5.69 Å². The van der Waals surface area contributed by atoms with Gasteiger partial charge in [-0.15, -0.1) is 0 Å². The first-order valence-electron chi connectivity index (χ1n) is 8.25. The Morgan fingerprint density at radius 3 is 2.33 bits per heavy atom. The predicted molar refractivity (Wildman–Crippen MR) is 96.3 cm³/mol. The molecule has 0 unspecified atom stereocenters. The Bertz CT molecular complexity index is 850. The van der Waals surface area contributed by atoms with Crippen molar-refractivity contribution in [2.45, 2.75) is 0 Å². The van der Waals surface area contributed by atoms with E-state index in [1.807, 2.05) is 71.9 Å². The molecule has 0 spiro atoms. The molecule has 4 nitrogen and oxygen atoms in total. The molecule has 1 aliphatic rings. The van der Waals surface area contributed by atoms with Crippen molar-refractivity contribution in [2.24, 2.45) is 0 Å². The first-order valence-corrected chi connectivity index (χ1v) is 8.25. The molecule has 120 valence electrons. The number of amides is 1. The molecule has 1 saturated heterocycles. The van der Waals surface area contributed by atoms with Crippen LogP contribution >= 0.6 is 0 Å². The maximum absolute atomic E-state index is 13.0. The van der Waals surface area contributed by atoms with Crippen LogP contribution in [0.1, 0.15) is 10.4 Å². The van der Waals surface area contributed by atoms with Gasteiger partial charge in [0.05, 0.1) is 0 Å². The Hall–Kier alpha value is -2.88. The van der Waals surface area contributed by atoms with Crippen molar-refractivity contribution in [1.82, 2.24) is 9.88 Å². The number of fused-ring (bicyclic) bond motifs is 1. The van der Waals surface area contributed by atoms with Crippen LogP contribution < -0.4 is 4.90 Å². The van der Waals surface area contributed by atoms with E-state index >= 15 is 0 Å². The highest BCUT2D eigenvalue weighted by Crippen LogP contribution is 2.21. The van der Waals surface area contributed by atoms with Crippen LogP contribution in [-0.2, 0) is 0 Å². The number of hydrogen-bond donors (Lipinski definition) is 0. The van der Waals surface area contributed by atoms with Gasteiger partial charge in [0.2, 0.25) is 0 Å². The van der Waals surface area contributed by atoms with Gasteiger partial charge in [-0.1, -0.05) is 36.4 Å². The van der Waals surface area contributed by atoms with E-state index < -0.39 is 0 Å². The molecule has 0 N–H and O–H groups in total. The zero-order valence-electron chi connectivity index (χ0n) is 13.4. The lowest BCUT2D eigenvalue weighted by atomic mass is 10.0. The molecule has 0 saturated carbocycles. The Morgan fingerprint density at radius 2 is 1.54 bits per heavy atom. The number of aromatic nitrogens is 1. The van der Waals surface area contributed by atoms with Crippen LogP contribution in [0.5, 0.6) is 0 Å². The summed E-state index contributed by atoms with van der Waals surface area (Å²) in [5.41, 5.74) is 1.97. The number of benzene rings is 2. The zero-order chi connectivity index (χ0) is 16.4. The second kappa shape index (κ2) is 6.32. The van der Waals surface area contributed by atoms with Crippen molar-refractivity contribution >= 4 is 22.4 Å². The summed E-state index contributed by atoms with van der Waals surface area (Å²) in [6, 6.07) is 18.0. The minimum Gasteiger partial charge on any atom is -0.368 e. The fourth-order valence-corrected chi connectivity index (χ4v) is 3.30. The molecule has 0 bridgehead atoms. The lowest BCUT2D eigenvalue weighted by molar-refractivity contribution is 0.0749. The first kappa shape index (κ1) is 14.7. The van der Waals surface area contributed by atoms with Crippen LogP contribution in [0.3, 0.4) is 0 Å². The van der Waals surface area contributed by atoms with Gasteiger partial charge >= 0.3 is 0 Å². The number of nitrogens with zero attached hydrogens (tertiary/aromatic N) is 3. The minimum atomic E-state index is 0.126. The minimum absolute atomic E-state index is 0.126. The summed E-state index contributed by atoms with van der Waals surface area (Å²) in [5, 5.41) is 2.14. The molecule has 3 aromatic rings. The van der Waals surface area contributed by atoms with Crippen molar-refractivity contribution < 1.29 is 4.79 Å². The second-order valence-corrected chi connectivity index (χ2v) is 6.01. The largest absolute Gasteiger partial charge is 0.368 e. The lowest BCUT2D eigenvalue weighted by Gasteiger charge is -2.36. The summed E-state index contributed by atoms with van der Waals surface area (Å²) in [6.07, 6.45) is 3.62. The Kier molecular flexibility index (Phi) is 3.87. The molecule has 0 aliphatic carbocycles. The van der Waals surface area contributed by atoms with Gasteiger partial charge in [-0.05, 0) is 29.0 Å². The van der Waals surface area contributed by atoms with E-state index in [9.17, 15) is 4.79 Å². The van der Waals surface area contributed by atoms with Gasteiger partial charge in [-0.2, -0.15) is 0 Å². The van der Waals surface area contributed by atoms with Gasteiger partial charge < -0.3 is 9.80 Å². The van der Waals surface area contributed by atoms with E-state index in [2.05, 4.69) is 9.88 Å². The highest BCUT2D eigenvalue weighted by Gasteiger charge is 2.23. The van der Waals surface area contributed by atoms with E-state index in [0.717, 1.165) is 42.5 Å². The van der Waals surface area contributed by atoms with Crippen LogP contribution in [0.25, 0.3) is 10.8 Å². The molecule has 0 radical (unpaired) electrons. The smallest absolute Gasteiger partial charge is 0.254 e. The predicted octanol–water partition coefficient (Wildman–Crippen LogP) is 3.20. The topological polar surface area (TPSA) is 36.4 Å². The van der Waals surface area contributed by atoms with Crippen LogP contribution in [0.15, 0.2) is 67.0 Å². The third-order valence-electron chi connectivity index (χ3n) is 4.61. The third kappa shape index (κ3) is 2.71. The normalized spacial score (nSPS) is 14.8. The van der Waals surface area contributed by atoms with E-state index in [4.69, 9.17) is 0 Å². The molecule has 4 rings (SSSR count). The molecule has 1 aliphatic heterocycles. The fraction of sp³-hybridized carbons (Fsp3) is 0.200. The second-order valence-electron chi connectivity index (χ2n) is 6.01. The third-order valence-corrected chi connectivity index (χ3v) is 4.61. The summed E-state index contributed by atoms with van der Waals surface area (Å²) >= 11 is 0. The van der Waals surface area contributed by atoms with Crippen LogP contribution in [-0.4, -0.2) is 42.0 Å². The number of anilines is 1. The van der Waals surface area contributed by atoms with E-state index in [1.54, 1.807) is 0 Å². The Morgan fingerprint density at radius 1 is 0.833 bits per heavy atom. The number of rotatable bonds is 2. The van der Waals surface area contributed by atoms with Gasteiger partial charge in [0.15, 0.2) is 0 Å². The highest BCUT2D eigenvalue weighted by atomic mass is 16.2. The summed E-state index contributed by atoms with van der Waals surface area (Å²) in [7, 11) is 0. The monoisotopic (exact) mass is 317 g/mol. The van der Waals surface area contributed by atoms with Crippen molar-refractivity contribution in [1.29, 1.82) is 0 Å². The quantitative estimate of drug-likeness (QED) is 0.728. The average Bonchev–Trinajstić information content (AvgIpc) is 2.68. The summed E-state index contributed by atoms with van der Waals surface area (Å²) < 4.78 is 0. The first-order chi connectivity index (χ1) is 11.8. The van der Waals surface area contributed by atoms with E-state index in [0.29, 0.717) is 0 Å². The molecule has 4 heteroatoms. The molecule has 2 heterocycles. The maximum Gasteiger partial charge on any atom is 0.254 e. The number of carbonyl (C=O) groups excluding carboxylic acids is 1. The standard InChI is InChI=1S/C20H19N3O/c24-20(19-7-3-5-16-4-1-2-6-18(16)19)23-14-12-22(13-15-23)17-8-10-21-11-9-17/h1-11H,12-15H2. The zero-order valence-corrected chi connectivity index (χ0v) is 13.4. The molecule has 2 aromatic carbocycles. The highest BCUT2D eigenvalue weighted by molar-refractivity contribution is 6.07. The van der Waals surface area contributed by atoms with Crippen molar-refractivity contribution in [3.05, 3.63) is 72.6 Å². The Labute approximate surface area is 141 Å². The summed E-state index contributed by atoms with van der Waals surface area (Å²) in [4.78, 5) is 21.3. The fourth-order valence-electron chi connectivity index (χ4n) is 3.30. The van der Waals surface area contributed by atoms with E-state index in [-0.39, 0.29) is 5.91 Å². The molecule has 1 aromatic heterocycles. The molecular weight excluding hydrogens is 298 g/mol. The van der Waals surface area contributed by atoms with Crippen LogP contribution in [0, 0.1) is 0 Å². The number of pyridine rings is 1. The summed E-state index contributed by atoms with van der Waals surface area (Å²) in [6.45, 7) is 3.18. The number of piperazine rings is 1. The molecule has 0 atom stereocenters. The van der Waals surface area contributed by atoms with Gasteiger partial charge in [0, 0.05) is 49.8 Å². The maximum atomic E-state index is 13.0. The Balaban J connectivity index is 1.52. The van der Waals surface area contributed by atoms with Gasteiger partial charge in [0.1, 0.15) is 0 Å². The average molecular weight is 317 g/mol. The van der Waals surface area contributed by atoms with Gasteiger partial charge in [-0.25, -0.2) is 0 Å². The van der Waals surface area contributed by atoms with Crippen molar-refractivity contribution in [2.75, 3.05) is 31.1 Å². The van der Waals surface area contributed by atoms with Gasteiger partial charge in [0.25, 0.3) is 5.91 Å². The molecule has 1 fully saturated rings. The number of hydrogen-bond acceptors (Lipinski definition) is 3. The summed E-state index contributed by atoms with van der Waals surface area (Å²) in [5.74, 6) is 0.126. The molecular formula is C20H19N3O. The molecule has 1 amide bonds. The van der Waals surface area contributed by atoms with Crippen molar-refractivity contribution in [3.8, 4) is 0 Å².